The molecule has 0 saturated heterocycles. The Labute approximate surface area is 50.4 Å². The molecule has 0 aliphatic heterocycles. The third-order valence-corrected chi connectivity index (χ3v) is 1.10. The molecule has 2 heteroatoms. The highest BCUT2D eigenvalue weighted by atomic mass is 17.1. The molecule has 2 nitrogen and oxygen atoms in total. The lowest BCUT2D eigenvalue weighted by Crippen LogP contribution is -2.21. The Hall–Kier alpha value is -0.0800. The number of rotatable bonds is 3. The van der Waals surface area contributed by atoms with Gasteiger partial charge < -0.3 is 0 Å². The van der Waals surface area contributed by atoms with Gasteiger partial charge in [-0.1, -0.05) is 13.3 Å². The molecular weight excluding hydrogens is 104 g/mol. The summed E-state index contributed by atoms with van der Waals surface area (Å²) in [6.45, 7) is 5.77. The van der Waals surface area contributed by atoms with Crippen molar-refractivity contribution in [1.82, 2.24) is 0 Å². The molecule has 0 fully saturated rings. The first kappa shape index (κ1) is 7.92. The van der Waals surface area contributed by atoms with Crippen LogP contribution in [0.15, 0.2) is 0 Å². The maximum Gasteiger partial charge on any atom is 0.0977 e. The molecule has 0 saturated carbocycles. The van der Waals surface area contributed by atoms with Gasteiger partial charge in [-0.2, -0.15) is 0 Å². The van der Waals surface area contributed by atoms with E-state index in [1.54, 1.807) is 0 Å². The quantitative estimate of drug-likeness (QED) is 0.454. The smallest absolute Gasteiger partial charge is 0.0977 e. The Morgan fingerprint density at radius 3 is 2.12 bits per heavy atom. The SMILES string of the molecule is CCCC(C)(C)OO. The van der Waals surface area contributed by atoms with Gasteiger partial charge in [0.15, 0.2) is 0 Å². The second-order valence-corrected chi connectivity index (χ2v) is 2.60. The molecule has 0 aromatic rings. The summed E-state index contributed by atoms with van der Waals surface area (Å²) in [6, 6.07) is 0. The van der Waals surface area contributed by atoms with E-state index in [1.807, 2.05) is 13.8 Å². The van der Waals surface area contributed by atoms with Crippen molar-refractivity contribution < 1.29 is 10.1 Å². The maximum absolute atomic E-state index is 8.23. The molecule has 0 aliphatic rings. The zero-order valence-electron chi connectivity index (χ0n) is 5.77. The maximum atomic E-state index is 8.23. The van der Waals surface area contributed by atoms with Gasteiger partial charge in [-0.05, 0) is 20.3 Å². The van der Waals surface area contributed by atoms with E-state index >= 15 is 0 Å². The predicted molar refractivity (Wildman–Crippen MR) is 32.7 cm³/mol. The van der Waals surface area contributed by atoms with Crippen LogP contribution in [0, 0.1) is 0 Å². The van der Waals surface area contributed by atoms with Gasteiger partial charge in [0.1, 0.15) is 0 Å². The van der Waals surface area contributed by atoms with Crippen LogP contribution >= 0.6 is 0 Å². The Morgan fingerprint density at radius 2 is 2.00 bits per heavy atom. The second-order valence-electron chi connectivity index (χ2n) is 2.60. The molecule has 0 spiro atoms. The lowest BCUT2D eigenvalue weighted by molar-refractivity contribution is -0.314. The summed E-state index contributed by atoms with van der Waals surface area (Å²) in [5, 5.41) is 8.23. The highest BCUT2D eigenvalue weighted by molar-refractivity contribution is 4.63. The third kappa shape index (κ3) is 2.99. The first-order valence-corrected chi connectivity index (χ1v) is 2.95. The molecule has 1 N–H and O–H groups in total. The summed E-state index contributed by atoms with van der Waals surface area (Å²) in [5.41, 5.74) is -0.352. The van der Waals surface area contributed by atoms with E-state index in [4.69, 9.17) is 5.26 Å². The zero-order chi connectivity index (χ0) is 6.62. The second kappa shape index (κ2) is 3.05. The van der Waals surface area contributed by atoms with Crippen molar-refractivity contribution in [3.8, 4) is 0 Å². The molecule has 0 radical (unpaired) electrons. The minimum Gasteiger partial charge on any atom is -0.251 e. The first-order chi connectivity index (χ1) is 3.62. The molecule has 0 atom stereocenters. The van der Waals surface area contributed by atoms with E-state index in [0.717, 1.165) is 12.8 Å². The van der Waals surface area contributed by atoms with E-state index in [0.29, 0.717) is 0 Å². The van der Waals surface area contributed by atoms with Gasteiger partial charge in [0.25, 0.3) is 0 Å². The summed E-state index contributed by atoms with van der Waals surface area (Å²) >= 11 is 0. The highest BCUT2D eigenvalue weighted by Crippen LogP contribution is 2.13. The van der Waals surface area contributed by atoms with Gasteiger partial charge in [0.05, 0.1) is 5.60 Å². The fraction of sp³-hybridized carbons (Fsp3) is 1.00. The third-order valence-electron chi connectivity index (χ3n) is 1.10. The predicted octanol–water partition coefficient (Wildman–Crippen LogP) is 2.05. The Bertz CT molecular complexity index is 59.5. The summed E-state index contributed by atoms with van der Waals surface area (Å²) < 4.78 is 0. The molecule has 0 heterocycles. The number of hydrogen-bond acceptors (Lipinski definition) is 2. The van der Waals surface area contributed by atoms with Crippen molar-refractivity contribution in [3.63, 3.8) is 0 Å². The van der Waals surface area contributed by atoms with Crippen molar-refractivity contribution in [3.05, 3.63) is 0 Å². The van der Waals surface area contributed by atoms with Crippen LogP contribution in [0.5, 0.6) is 0 Å². The normalized spacial score (nSPS) is 12.0. The van der Waals surface area contributed by atoms with Crippen LogP contribution in [0.25, 0.3) is 0 Å². The Balaban J connectivity index is 3.37. The van der Waals surface area contributed by atoms with Crippen LogP contribution in [0.4, 0.5) is 0 Å². The van der Waals surface area contributed by atoms with Gasteiger partial charge >= 0.3 is 0 Å². The monoisotopic (exact) mass is 118 g/mol. The number of hydrogen-bond donors (Lipinski definition) is 1. The van der Waals surface area contributed by atoms with E-state index in [2.05, 4.69) is 11.8 Å². The van der Waals surface area contributed by atoms with Crippen molar-refractivity contribution in [1.29, 1.82) is 0 Å². The molecule has 0 aromatic heterocycles. The van der Waals surface area contributed by atoms with Crippen LogP contribution in [-0.2, 0) is 4.89 Å². The van der Waals surface area contributed by atoms with E-state index in [1.165, 1.54) is 0 Å². The average molecular weight is 118 g/mol. The lowest BCUT2D eigenvalue weighted by atomic mass is 10.0. The highest BCUT2D eigenvalue weighted by Gasteiger charge is 2.15. The van der Waals surface area contributed by atoms with Crippen molar-refractivity contribution >= 4 is 0 Å². The molecule has 0 amide bonds. The van der Waals surface area contributed by atoms with Crippen LogP contribution in [0.1, 0.15) is 33.6 Å². The van der Waals surface area contributed by atoms with Crippen molar-refractivity contribution in [2.24, 2.45) is 0 Å². The summed E-state index contributed by atoms with van der Waals surface area (Å²) in [7, 11) is 0. The summed E-state index contributed by atoms with van der Waals surface area (Å²) in [6.07, 6.45) is 1.93. The zero-order valence-corrected chi connectivity index (χ0v) is 5.77. The Kier molecular flexibility index (Phi) is 3.02. The fourth-order valence-corrected chi connectivity index (χ4v) is 0.648. The topological polar surface area (TPSA) is 29.5 Å². The minimum atomic E-state index is -0.352. The molecule has 0 bridgehead atoms. The van der Waals surface area contributed by atoms with Gasteiger partial charge in [-0.3, -0.25) is 5.26 Å². The van der Waals surface area contributed by atoms with E-state index in [-0.39, 0.29) is 5.60 Å². The molecule has 0 unspecified atom stereocenters. The van der Waals surface area contributed by atoms with Crippen molar-refractivity contribution in [2.75, 3.05) is 0 Å². The van der Waals surface area contributed by atoms with Crippen LogP contribution in [-0.4, -0.2) is 10.9 Å². The summed E-state index contributed by atoms with van der Waals surface area (Å²) in [4.78, 5) is 4.18. The molecular formula is C6H14O2. The van der Waals surface area contributed by atoms with Gasteiger partial charge in [0, 0.05) is 0 Å². The van der Waals surface area contributed by atoms with E-state index < -0.39 is 0 Å². The standard InChI is InChI=1S/C6H14O2/c1-4-5-6(2,3)8-7/h7H,4-5H2,1-3H3. The van der Waals surface area contributed by atoms with Gasteiger partial charge in [0.2, 0.25) is 0 Å². The summed E-state index contributed by atoms with van der Waals surface area (Å²) in [5.74, 6) is 0. The van der Waals surface area contributed by atoms with E-state index in [9.17, 15) is 0 Å². The van der Waals surface area contributed by atoms with Gasteiger partial charge in [-0.15, -0.1) is 0 Å². The fourth-order valence-electron chi connectivity index (χ4n) is 0.648. The molecule has 50 valence electrons. The van der Waals surface area contributed by atoms with Gasteiger partial charge in [-0.25, -0.2) is 4.89 Å². The minimum absolute atomic E-state index is 0.352. The average Bonchev–Trinajstić information content (AvgIpc) is 1.67. The molecule has 0 rings (SSSR count). The molecule has 0 aromatic carbocycles. The van der Waals surface area contributed by atoms with Crippen molar-refractivity contribution in [2.45, 2.75) is 39.2 Å². The molecule has 8 heavy (non-hydrogen) atoms. The Morgan fingerprint density at radius 1 is 1.50 bits per heavy atom. The van der Waals surface area contributed by atoms with Crippen LogP contribution in [0.3, 0.4) is 0 Å². The lowest BCUT2D eigenvalue weighted by Gasteiger charge is -2.18. The van der Waals surface area contributed by atoms with Crippen LogP contribution < -0.4 is 0 Å². The molecule has 0 aliphatic carbocycles. The van der Waals surface area contributed by atoms with Crippen LogP contribution in [0.2, 0.25) is 0 Å². The first-order valence-electron chi connectivity index (χ1n) is 2.95. The largest absolute Gasteiger partial charge is 0.251 e.